The molecule has 0 spiro atoms. The largest absolute Gasteiger partial charge is 0.444 e. The monoisotopic (exact) mass is 243 g/mol. The first-order valence-electron chi connectivity index (χ1n) is 6.47. The molecule has 1 aliphatic heterocycles. The van der Waals surface area contributed by atoms with Gasteiger partial charge in [0.05, 0.1) is 0 Å². The molecule has 0 bridgehead atoms. The molecule has 1 aliphatic rings. The number of carbonyl (C=O) groups excluding carboxylic acids is 1. The molecule has 1 rings (SSSR count). The number of hydrogen-bond donors (Lipinski definition) is 1. The molecule has 0 saturated carbocycles. The van der Waals surface area contributed by atoms with Crippen LogP contribution in [0.2, 0.25) is 0 Å². The van der Waals surface area contributed by atoms with Crippen LogP contribution in [-0.2, 0) is 4.74 Å². The zero-order chi connectivity index (χ0) is 13.1. The normalized spacial score (nSPS) is 21.9. The molecule has 0 aromatic heterocycles. The van der Waals surface area contributed by atoms with Crippen molar-refractivity contribution in [1.29, 1.82) is 0 Å². The summed E-state index contributed by atoms with van der Waals surface area (Å²) in [5, 5.41) is 9.17. The van der Waals surface area contributed by atoms with E-state index in [2.05, 4.69) is 6.92 Å². The molecule has 100 valence electrons. The third kappa shape index (κ3) is 4.19. The smallest absolute Gasteiger partial charge is 0.410 e. The third-order valence-electron chi connectivity index (χ3n) is 3.21. The molecule has 0 radical (unpaired) electrons. The molecule has 17 heavy (non-hydrogen) atoms. The Labute approximate surface area is 104 Å². The Bertz CT molecular complexity index is 256. The highest BCUT2D eigenvalue weighted by Gasteiger charge is 2.35. The Morgan fingerprint density at radius 2 is 2.18 bits per heavy atom. The lowest BCUT2D eigenvalue weighted by molar-refractivity contribution is -0.0116. The van der Waals surface area contributed by atoms with Crippen molar-refractivity contribution in [2.75, 3.05) is 13.2 Å². The Kier molecular flexibility index (Phi) is 4.80. The maximum absolute atomic E-state index is 11.9. The predicted octanol–water partition coefficient (Wildman–Crippen LogP) is 2.40. The van der Waals surface area contributed by atoms with E-state index in [1.165, 1.54) is 0 Å². The van der Waals surface area contributed by atoms with Crippen LogP contribution in [0.1, 0.15) is 47.0 Å². The molecule has 0 aromatic carbocycles. The van der Waals surface area contributed by atoms with Crippen molar-refractivity contribution in [3.63, 3.8) is 0 Å². The van der Waals surface area contributed by atoms with Gasteiger partial charge in [0.1, 0.15) is 5.60 Å². The summed E-state index contributed by atoms with van der Waals surface area (Å²) in [6.45, 7) is 8.68. The van der Waals surface area contributed by atoms with Crippen molar-refractivity contribution in [3.8, 4) is 0 Å². The highest BCUT2D eigenvalue weighted by atomic mass is 16.6. The van der Waals surface area contributed by atoms with Crippen molar-refractivity contribution in [3.05, 3.63) is 0 Å². The van der Waals surface area contributed by atoms with Crippen LogP contribution in [0.15, 0.2) is 0 Å². The van der Waals surface area contributed by atoms with Gasteiger partial charge < -0.3 is 14.7 Å². The van der Waals surface area contributed by atoms with E-state index in [1.807, 2.05) is 20.8 Å². The van der Waals surface area contributed by atoms with Crippen LogP contribution in [0.25, 0.3) is 0 Å². The highest BCUT2D eigenvalue weighted by molar-refractivity contribution is 5.69. The van der Waals surface area contributed by atoms with E-state index < -0.39 is 5.60 Å². The van der Waals surface area contributed by atoms with Gasteiger partial charge in [-0.25, -0.2) is 4.79 Å². The summed E-state index contributed by atoms with van der Waals surface area (Å²) in [7, 11) is 0. The Hall–Kier alpha value is -0.770. The average Bonchev–Trinajstić information content (AvgIpc) is 2.14. The summed E-state index contributed by atoms with van der Waals surface area (Å²) in [6, 6.07) is 0.252. The number of rotatable bonds is 4. The molecule has 4 heteroatoms. The van der Waals surface area contributed by atoms with Crippen molar-refractivity contribution < 1.29 is 14.6 Å². The number of hydrogen-bond acceptors (Lipinski definition) is 3. The molecule has 1 fully saturated rings. The molecule has 1 saturated heterocycles. The minimum Gasteiger partial charge on any atom is -0.444 e. The molecule has 4 nitrogen and oxygen atoms in total. The second kappa shape index (κ2) is 5.71. The van der Waals surface area contributed by atoms with E-state index in [4.69, 9.17) is 4.74 Å². The molecule has 0 aliphatic carbocycles. The maximum atomic E-state index is 11.9. The average molecular weight is 243 g/mol. The molecule has 1 heterocycles. The first-order chi connectivity index (χ1) is 7.87. The van der Waals surface area contributed by atoms with Gasteiger partial charge in [-0.2, -0.15) is 0 Å². The molecular weight excluding hydrogens is 218 g/mol. The van der Waals surface area contributed by atoms with E-state index in [0.717, 1.165) is 25.8 Å². The number of aliphatic hydroxyl groups excluding tert-OH is 1. The first kappa shape index (κ1) is 14.3. The summed E-state index contributed by atoms with van der Waals surface area (Å²) in [5.41, 5.74) is -0.432. The van der Waals surface area contributed by atoms with Crippen LogP contribution in [0, 0.1) is 5.92 Å². The van der Waals surface area contributed by atoms with Crippen LogP contribution in [-0.4, -0.2) is 40.9 Å². The van der Waals surface area contributed by atoms with Crippen LogP contribution >= 0.6 is 0 Å². The molecule has 2 unspecified atom stereocenters. The standard InChI is InChI=1S/C13H25NO3/c1-5-10(9-15)8-11-6-7-14(11)12(16)17-13(2,3)4/h10-11,15H,5-9H2,1-4H3. The maximum Gasteiger partial charge on any atom is 0.410 e. The van der Waals surface area contributed by atoms with Gasteiger partial charge in [0.2, 0.25) is 0 Å². The van der Waals surface area contributed by atoms with Crippen molar-refractivity contribution >= 4 is 6.09 Å². The molecule has 0 aromatic rings. The highest BCUT2D eigenvalue weighted by Crippen LogP contribution is 2.27. The number of ether oxygens (including phenoxy) is 1. The number of aliphatic hydroxyl groups is 1. The molecule has 1 N–H and O–H groups in total. The first-order valence-corrected chi connectivity index (χ1v) is 6.47. The van der Waals surface area contributed by atoms with E-state index in [9.17, 15) is 9.90 Å². The number of likely N-dealkylation sites (tertiary alicyclic amines) is 1. The summed E-state index contributed by atoms with van der Waals surface area (Å²) in [5.74, 6) is 0.297. The Balaban J connectivity index is 2.43. The Morgan fingerprint density at radius 3 is 2.53 bits per heavy atom. The van der Waals surface area contributed by atoms with E-state index >= 15 is 0 Å². The summed E-state index contributed by atoms with van der Waals surface area (Å²) in [6.07, 6.45) is 2.64. The van der Waals surface area contributed by atoms with Crippen molar-refractivity contribution in [2.45, 2.75) is 58.6 Å². The second-order valence-corrected chi connectivity index (χ2v) is 5.81. The van der Waals surface area contributed by atoms with Crippen LogP contribution < -0.4 is 0 Å². The van der Waals surface area contributed by atoms with Gasteiger partial charge in [-0.1, -0.05) is 13.3 Å². The fourth-order valence-electron chi connectivity index (χ4n) is 2.00. The lowest BCUT2D eigenvalue weighted by Gasteiger charge is -2.42. The van der Waals surface area contributed by atoms with Gasteiger partial charge in [-0.15, -0.1) is 0 Å². The van der Waals surface area contributed by atoms with E-state index in [1.54, 1.807) is 4.90 Å². The lowest BCUT2D eigenvalue weighted by atomic mass is 9.91. The van der Waals surface area contributed by atoms with Crippen LogP contribution in [0.3, 0.4) is 0 Å². The van der Waals surface area contributed by atoms with Gasteiger partial charge >= 0.3 is 6.09 Å². The predicted molar refractivity (Wildman–Crippen MR) is 66.8 cm³/mol. The fraction of sp³-hybridized carbons (Fsp3) is 0.923. The third-order valence-corrected chi connectivity index (χ3v) is 3.21. The second-order valence-electron chi connectivity index (χ2n) is 5.81. The topological polar surface area (TPSA) is 49.8 Å². The van der Waals surface area contributed by atoms with Gasteiger partial charge in [0.25, 0.3) is 0 Å². The zero-order valence-electron chi connectivity index (χ0n) is 11.4. The number of amides is 1. The lowest BCUT2D eigenvalue weighted by Crippen LogP contribution is -2.53. The molecule has 1 amide bonds. The molecular formula is C13H25NO3. The van der Waals surface area contributed by atoms with E-state index in [0.29, 0.717) is 5.92 Å². The minimum absolute atomic E-state index is 0.204. The Morgan fingerprint density at radius 1 is 1.53 bits per heavy atom. The van der Waals surface area contributed by atoms with Gasteiger partial charge in [0, 0.05) is 19.2 Å². The van der Waals surface area contributed by atoms with Crippen molar-refractivity contribution in [1.82, 2.24) is 4.90 Å². The zero-order valence-corrected chi connectivity index (χ0v) is 11.4. The van der Waals surface area contributed by atoms with E-state index in [-0.39, 0.29) is 18.7 Å². The summed E-state index contributed by atoms with van der Waals surface area (Å²) in [4.78, 5) is 13.6. The number of nitrogens with zero attached hydrogens (tertiary/aromatic N) is 1. The van der Waals surface area contributed by atoms with Gasteiger partial charge in [0.15, 0.2) is 0 Å². The summed E-state index contributed by atoms with van der Waals surface area (Å²) >= 11 is 0. The van der Waals surface area contributed by atoms with Crippen LogP contribution in [0.4, 0.5) is 4.79 Å². The fourth-order valence-corrected chi connectivity index (χ4v) is 2.00. The number of carbonyl (C=O) groups is 1. The van der Waals surface area contributed by atoms with Gasteiger partial charge in [-0.3, -0.25) is 0 Å². The SMILES string of the molecule is CCC(CO)CC1CCN1C(=O)OC(C)(C)C. The van der Waals surface area contributed by atoms with Crippen molar-refractivity contribution in [2.24, 2.45) is 5.92 Å². The molecule has 2 atom stereocenters. The summed E-state index contributed by atoms with van der Waals surface area (Å²) < 4.78 is 5.35. The van der Waals surface area contributed by atoms with Crippen LogP contribution in [0.5, 0.6) is 0 Å². The minimum atomic E-state index is -0.432. The van der Waals surface area contributed by atoms with Gasteiger partial charge in [-0.05, 0) is 39.5 Å². The quantitative estimate of drug-likeness (QED) is 0.825.